The minimum atomic E-state index is 0.593. The van der Waals surface area contributed by atoms with Gasteiger partial charge in [0.25, 0.3) is 0 Å². The van der Waals surface area contributed by atoms with Crippen LogP contribution >= 0.6 is 0 Å². The molecule has 10 rings (SSSR count). The summed E-state index contributed by atoms with van der Waals surface area (Å²) in [6, 6.07) is 61.1. The number of hydrogen-bond acceptors (Lipinski definition) is 4. The molecule has 51 heavy (non-hydrogen) atoms. The largest absolute Gasteiger partial charge is 0.456 e. The Kier molecular flexibility index (Phi) is 6.78. The maximum atomic E-state index is 6.72. The molecule has 0 radical (unpaired) electrons. The van der Waals surface area contributed by atoms with Gasteiger partial charge in [-0.2, -0.15) is 0 Å². The summed E-state index contributed by atoms with van der Waals surface area (Å²) in [4.78, 5) is 15.3. The Morgan fingerprint density at radius 3 is 1.63 bits per heavy atom. The normalized spacial score (nSPS) is 11.5. The van der Waals surface area contributed by atoms with Gasteiger partial charge in [-0.15, -0.1) is 0 Å². The number of rotatable bonds is 5. The van der Waals surface area contributed by atoms with E-state index in [0.29, 0.717) is 17.5 Å². The lowest BCUT2D eigenvalue weighted by molar-refractivity contribution is 0.669. The molecule has 0 N–H and O–H groups in total. The first-order chi connectivity index (χ1) is 25.2. The zero-order chi connectivity index (χ0) is 33.7. The molecule has 0 saturated carbocycles. The van der Waals surface area contributed by atoms with Crippen molar-refractivity contribution in [3.63, 3.8) is 0 Å². The van der Waals surface area contributed by atoms with E-state index in [2.05, 4.69) is 115 Å². The van der Waals surface area contributed by atoms with Gasteiger partial charge in [-0.05, 0) is 74.1 Å². The van der Waals surface area contributed by atoms with Crippen molar-refractivity contribution in [3.8, 4) is 56.4 Å². The summed E-state index contributed by atoms with van der Waals surface area (Å²) < 4.78 is 6.72. The van der Waals surface area contributed by atoms with Crippen LogP contribution in [0.1, 0.15) is 0 Å². The Bertz CT molecular complexity index is 2850. The first-order valence-corrected chi connectivity index (χ1v) is 17.1. The molecule has 0 amide bonds. The van der Waals surface area contributed by atoms with E-state index in [-0.39, 0.29) is 0 Å². The zero-order valence-electron chi connectivity index (χ0n) is 27.5. The SMILES string of the molecule is c1ccc(-c2nc(-c3ccccc3)nc(-c3cc(-c4cccc(-c5cccc6ccccc56)c4)cc4oc5cc6ccccc6cc5c34)n2)cc1. The van der Waals surface area contributed by atoms with Crippen LogP contribution < -0.4 is 0 Å². The van der Waals surface area contributed by atoms with Gasteiger partial charge in [-0.25, -0.2) is 15.0 Å². The zero-order valence-corrected chi connectivity index (χ0v) is 27.5. The van der Waals surface area contributed by atoms with Gasteiger partial charge in [0, 0.05) is 27.5 Å². The predicted octanol–water partition coefficient (Wildman–Crippen LogP) is 12.4. The topological polar surface area (TPSA) is 51.8 Å². The molecule has 0 saturated heterocycles. The summed E-state index contributed by atoms with van der Waals surface area (Å²) >= 11 is 0. The van der Waals surface area contributed by atoms with Crippen LogP contribution in [-0.2, 0) is 0 Å². The molecule has 2 heterocycles. The van der Waals surface area contributed by atoms with E-state index in [4.69, 9.17) is 19.4 Å². The van der Waals surface area contributed by atoms with Crippen molar-refractivity contribution in [2.45, 2.75) is 0 Å². The molecule has 0 aliphatic rings. The molecular weight excluding hydrogens is 623 g/mol. The lowest BCUT2D eigenvalue weighted by Gasteiger charge is -2.12. The minimum Gasteiger partial charge on any atom is -0.456 e. The number of nitrogens with zero attached hydrogens (tertiary/aromatic N) is 3. The standard InChI is InChI=1S/C47H29N3O/c1-3-14-31(15-4-1)45-48-46(32-16-5-2-6-17-32)50-47(49-45)41-27-37(29-43-44(41)40-26-34-18-7-8-19-35(34)28-42(40)51-43)33-21-11-22-36(25-33)39-24-12-20-30-13-9-10-23-38(30)39/h1-29H. The summed E-state index contributed by atoms with van der Waals surface area (Å²) in [6.07, 6.45) is 0. The lowest BCUT2D eigenvalue weighted by atomic mass is 9.93. The second-order valence-corrected chi connectivity index (χ2v) is 12.8. The molecule has 8 aromatic carbocycles. The second-order valence-electron chi connectivity index (χ2n) is 12.8. The number of benzene rings is 8. The van der Waals surface area contributed by atoms with Crippen molar-refractivity contribution < 1.29 is 4.42 Å². The molecule has 0 bridgehead atoms. The third kappa shape index (κ3) is 5.13. The third-order valence-corrected chi connectivity index (χ3v) is 9.68. The average Bonchev–Trinajstić information content (AvgIpc) is 3.57. The van der Waals surface area contributed by atoms with E-state index in [0.717, 1.165) is 66.1 Å². The van der Waals surface area contributed by atoms with Gasteiger partial charge in [-0.3, -0.25) is 0 Å². The highest BCUT2D eigenvalue weighted by Crippen LogP contribution is 2.42. The molecule has 0 aliphatic carbocycles. The van der Waals surface area contributed by atoms with Crippen LogP contribution in [0.5, 0.6) is 0 Å². The highest BCUT2D eigenvalue weighted by atomic mass is 16.3. The van der Waals surface area contributed by atoms with Crippen molar-refractivity contribution in [1.82, 2.24) is 15.0 Å². The molecule has 0 spiro atoms. The van der Waals surface area contributed by atoms with Gasteiger partial charge >= 0.3 is 0 Å². The molecule has 238 valence electrons. The van der Waals surface area contributed by atoms with E-state index < -0.39 is 0 Å². The molecule has 4 heteroatoms. The highest BCUT2D eigenvalue weighted by Gasteiger charge is 2.20. The number of aromatic nitrogens is 3. The Morgan fingerprint density at radius 2 is 0.882 bits per heavy atom. The molecule has 0 unspecified atom stereocenters. The van der Waals surface area contributed by atoms with Gasteiger partial charge in [0.1, 0.15) is 11.2 Å². The molecule has 10 aromatic rings. The quantitative estimate of drug-likeness (QED) is 0.186. The summed E-state index contributed by atoms with van der Waals surface area (Å²) in [5.74, 6) is 1.83. The number of fused-ring (bicyclic) bond motifs is 5. The fourth-order valence-electron chi connectivity index (χ4n) is 7.21. The monoisotopic (exact) mass is 651 g/mol. The van der Waals surface area contributed by atoms with Crippen molar-refractivity contribution in [2.24, 2.45) is 0 Å². The van der Waals surface area contributed by atoms with Crippen molar-refractivity contribution in [3.05, 3.63) is 176 Å². The van der Waals surface area contributed by atoms with Crippen LogP contribution in [0, 0.1) is 0 Å². The third-order valence-electron chi connectivity index (χ3n) is 9.68. The van der Waals surface area contributed by atoms with Gasteiger partial charge < -0.3 is 4.42 Å². The maximum absolute atomic E-state index is 6.72. The second kappa shape index (κ2) is 11.9. The molecular formula is C47H29N3O. The smallest absolute Gasteiger partial charge is 0.164 e. The minimum absolute atomic E-state index is 0.593. The van der Waals surface area contributed by atoms with Crippen LogP contribution in [0.4, 0.5) is 0 Å². The van der Waals surface area contributed by atoms with Crippen LogP contribution in [-0.4, -0.2) is 15.0 Å². The summed E-state index contributed by atoms with van der Waals surface area (Å²) in [7, 11) is 0. The summed E-state index contributed by atoms with van der Waals surface area (Å²) in [5, 5.41) is 6.73. The van der Waals surface area contributed by atoms with Gasteiger partial charge in [0.2, 0.25) is 0 Å². The average molecular weight is 652 g/mol. The van der Waals surface area contributed by atoms with Crippen LogP contribution in [0.3, 0.4) is 0 Å². The fraction of sp³-hybridized carbons (Fsp3) is 0. The lowest BCUT2D eigenvalue weighted by Crippen LogP contribution is -2.00. The maximum Gasteiger partial charge on any atom is 0.164 e. The Labute approximate surface area is 294 Å². The molecule has 2 aromatic heterocycles. The van der Waals surface area contributed by atoms with Crippen LogP contribution in [0.25, 0.3) is 99.9 Å². The molecule has 0 atom stereocenters. The molecule has 0 aliphatic heterocycles. The van der Waals surface area contributed by atoms with Crippen molar-refractivity contribution in [1.29, 1.82) is 0 Å². The van der Waals surface area contributed by atoms with Gasteiger partial charge in [-0.1, -0.05) is 146 Å². The Balaban J connectivity index is 1.25. The summed E-state index contributed by atoms with van der Waals surface area (Å²) in [5.41, 5.74) is 8.81. The van der Waals surface area contributed by atoms with E-state index in [1.807, 2.05) is 60.7 Å². The highest BCUT2D eigenvalue weighted by molar-refractivity contribution is 6.16. The van der Waals surface area contributed by atoms with E-state index >= 15 is 0 Å². The number of hydrogen-bond donors (Lipinski definition) is 0. The summed E-state index contributed by atoms with van der Waals surface area (Å²) in [6.45, 7) is 0. The Morgan fingerprint density at radius 1 is 0.314 bits per heavy atom. The van der Waals surface area contributed by atoms with E-state index in [1.54, 1.807) is 0 Å². The fourth-order valence-corrected chi connectivity index (χ4v) is 7.21. The molecule has 4 nitrogen and oxygen atoms in total. The van der Waals surface area contributed by atoms with E-state index in [9.17, 15) is 0 Å². The van der Waals surface area contributed by atoms with Crippen LogP contribution in [0.15, 0.2) is 180 Å². The van der Waals surface area contributed by atoms with Crippen LogP contribution in [0.2, 0.25) is 0 Å². The Hall–Kier alpha value is -6.91. The van der Waals surface area contributed by atoms with Crippen molar-refractivity contribution in [2.75, 3.05) is 0 Å². The van der Waals surface area contributed by atoms with E-state index in [1.165, 1.54) is 16.3 Å². The van der Waals surface area contributed by atoms with Gasteiger partial charge in [0.05, 0.1) is 0 Å². The first-order valence-electron chi connectivity index (χ1n) is 17.1. The van der Waals surface area contributed by atoms with Gasteiger partial charge in [0.15, 0.2) is 17.5 Å². The molecule has 0 fully saturated rings. The predicted molar refractivity (Wildman–Crippen MR) is 209 cm³/mol. The first kappa shape index (κ1) is 29.0. The number of furan rings is 1. The van der Waals surface area contributed by atoms with Crippen molar-refractivity contribution >= 4 is 43.5 Å².